The van der Waals surface area contributed by atoms with E-state index < -0.39 is 6.10 Å². The molecule has 1 aliphatic heterocycles. The molecule has 0 spiro atoms. The summed E-state index contributed by atoms with van der Waals surface area (Å²) >= 11 is 1.47. The molecule has 0 aliphatic carbocycles. The molecule has 0 radical (unpaired) electrons. The molecule has 0 bridgehead atoms. The number of rotatable bonds is 2. The summed E-state index contributed by atoms with van der Waals surface area (Å²) in [5.41, 5.74) is 2.63. The number of hydrogen-bond acceptors (Lipinski definition) is 4. The Hall–Kier alpha value is -0.870. The minimum Gasteiger partial charge on any atom is -0.495 e. The monoisotopic (exact) mass is 211 g/mol. The number of nitrogens with zero attached hydrogens (tertiary/aromatic N) is 1. The average Bonchev–Trinajstić information content (AvgIpc) is 2.65. The number of ether oxygens (including phenoxy) is 1. The van der Waals surface area contributed by atoms with E-state index >= 15 is 0 Å². The lowest BCUT2D eigenvalue weighted by Crippen LogP contribution is -2.09. The fourth-order valence-electron chi connectivity index (χ4n) is 1.47. The van der Waals surface area contributed by atoms with Crippen LogP contribution in [0.25, 0.3) is 0 Å². The zero-order chi connectivity index (χ0) is 9.97. The van der Waals surface area contributed by atoms with Crippen LogP contribution in [-0.4, -0.2) is 16.7 Å². The van der Waals surface area contributed by atoms with E-state index in [1.807, 2.05) is 13.0 Å². The Morgan fingerprint density at radius 2 is 2.50 bits per heavy atom. The molecule has 0 aromatic carbocycles. The van der Waals surface area contributed by atoms with E-state index in [-0.39, 0.29) is 0 Å². The predicted octanol–water partition coefficient (Wildman–Crippen LogP) is 2.18. The molecule has 1 unspecified atom stereocenters. The van der Waals surface area contributed by atoms with Crippen LogP contribution in [0.2, 0.25) is 0 Å². The van der Waals surface area contributed by atoms with Gasteiger partial charge in [0.15, 0.2) is 0 Å². The van der Waals surface area contributed by atoms with Gasteiger partial charge in [0.25, 0.3) is 0 Å². The molecule has 1 atom stereocenters. The van der Waals surface area contributed by atoms with Gasteiger partial charge in [0, 0.05) is 0 Å². The quantitative estimate of drug-likeness (QED) is 0.815. The summed E-state index contributed by atoms with van der Waals surface area (Å²) < 4.78 is 5.41. The lowest BCUT2D eigenvalue weighted by atomic mass is 10.1. The van der Waals surface area contributed by atoms with Crippen molar-refractivity contribution in [1.29, 1.82) is 0 Å². The summed E-state index contributed by atoms with van der Waals surface area (Å²) in [5.74, 6) is 0.684. The van der Waals surface area contributed by atoms with Crippen LogP contribution in [0.5, 0.6) is 0 Å². The Labute approximate surface area is 87.1 Å². The first-order valence-electron chi connectivity index (χ1n) is 4.70. The van der Waals surface area contributed by atoms with Crippen LogP contribution in [0.3, 0.4) is 0 Å². The Morgan fingerprint density at radius 1 is 1.64 bits per heavy atom. The molecule has 4 heteroatoms. The van der Waals surface area contributed by atoms with Gasteiger partial charge in [0.05, 0.1) is 22.7 Å². The van der Waals surface area contributed by atoms with Crippen LogP contribution < -0.4 is 0 Å². The van der Waals surface area contributed by atoms with E-state index in [1.165, 1.54) is 11.3 Å². The standard InChI is InChI=1S/C10H13NO2S/c1-7-10(14-6-11-7)9(12)8-4-2-3-5-13-8/h4,6,9,12H,2-3,5H2,1H3. The molecule has 0 saturated heterocycles. The van der Waals surface area contributed by atoms with Crippen LogP contribution in [-0.2, 0) is 4.74 Å². The molecule has 14 heavy (non-hydrogen) atoms. The van der Waals surface area contributed by atoms with Gasteiger partial charge < -0.3 is 9.84 Å². The Bertz CT molecular complexity index is 346. The van der Waals surface area contributed by atoms with Gasteiger partial charge in [-0.25, -0.2) is 4.98 Å². The third-order valence-electron chi connectivity index (χ3n) is 2.26. The molecule has 0 fully saturated rings. The first-order chi connectivity index (χ1) is 6.79. The fraction of sp³-hybridized carbons (Fsp3) is 0.500. The summed E-state index contributed by atoms with van der Waals surface area (Å²) in [6.07, 6.45) is 3.37. The lowest BCUT2D eigenvalue weighted by molar-refractivity contribution is 0.0932. The number of thiazole rings is 1. The van der Waals surface area contributed by atoms with Crippen LogP contribution in [0.1, 0.15) is 29.5 Å². The highest BCUT2D eigenvalue weighted by atomic mass is 32.1. The molecule has 76 valence electrons. The molecule has 1 N–H and O–H groups in total. The van der Waals surface area contributed by atoms with Crippen molar-refractivity contribution in [2.45, 2.75) is 25.9 Å². The summed E-state index contributed by atoms with van der Waals surface area (Å²) in [7, 11) is 0. The van der Waals surface area contributed by atoms with E-state index in [2.05, 4.69) is 4.98 Å². The first-order valence-corrected chi connectivity index (χ1v) is 5.58. The van der Waals surface area contributed by atoms with Crippen molar-refractivity contribution >= 4 is 11.3 Å². The number of hydrogen-bond donors (Lipinski definition) is 1. The summed E-state index contributed by atoms with van der Waals surface area (Å²) in [6, 6.07) is 0. The Balaban J connectivity index is 2.19. The average molecular weight is 211 g/mol. The smallest absolute Gasteiger partial charge is 0.147 e. The zero-order valence-corrected chi connectivity index (χ0v) is 8.88. The largest absolute Gasteiger partial charge is 0.495 e. The van der Waals surface area contributed by atoms with Crippen molar-refractivity contribution in [2.24, 2.45) is 0 Å². The maximum absolute atomic E-state index is 9.99. The molecular weight excluding hydrogens is 198 g/mol. The number of aromatic nitrogens is 1. The van der Waals surface area contributed by atoms with Crippen LogP contribution >= 0.6 is 11.3 Å². The van der Waals surface area contributed by atoms with Gasteiger partial charge in [-0.3, -0.25) is 0 Å². The second-order valence-corrected chi connectivity index (χ2v) is 4.19. The van der Waals surface area contributed by atoms with E-state index in [0.29, 0.717) is 12.4 Å². The highest BCUT2D eigenvalue weighted by Gasteiger charge is 2.20. The van der Waals surface area contributed by atoms with E-state index in [9.17, 15) is 5.11 Å². The van der Waals surface area contributed by atoms with Gasteiger partial charge in [0.1, 0.15) is 11.9 Å². The summed E-state index contributed by atoms with van der Waals surface area (Å²) in [4.78, 5) is 5.00. The Kier molecular flexibility index (Phi) is 2.84. The van der Waals surface area contributed by atoms with Gasteiger partial charge in [-0.2, -0.15) is 0 Å². The first kappa shape index (κ1) is 9.68. The Morgan fingerprint density at radius 3 is 3.07 bits per heavy atom. The van der Waals surface area contributed by atoms with Gasteiger partial charge in [-0.15, -0.1) is 11.3 Å². The zero-order valence-electron chi connectivity index (χ0n) is 8.06. The molecule has 0 amide bonds. The third kappa shape index (κ3) is 1.81. The van der Waals surface area contributed by atoms with Crippen molar-refractivity contribution in [1.82, 2.24) is 4.98 Å². The lowest BCUT2D eigenvalue weighted by Gasteiger charge is -2.19. The van der Waals surface area contributed by atoms with E-state index in [4.69, 9.17) is 4.74 Å². The second-order valence-electron chi connectivity index (χ2n) is 3.30. The molecule has 0 saturated carbocycles. The van der Waals surface area contributed by atoms with Crippen molar-refractivity contribution < 1.29 is 9.84 Å². The van der Waals surface area contributed by atoms with Crippen LogP contribution in [0.4, 0.5) is 0 Å². The SMILES string of the molecule is Cc1ncsc1C(O)C1=CCCCO1. The van der Waals surface area contributed by atoms with Gasteiger partial charge in [-0.1, -0.05) is 0 Å². The minimum atomic E-state index is -0.622. The molecule has 1 aromatic rings. The number of aryl methyl sites for hydroxylation is 1. The number of aliphatic hydroxyl groups excluding tert-OH is 1. The van der Waals surface area contributed by atoms with Gasteiger partial charge in [0.2, 0.25) is 0 Å². The molecule has 2 heterocycles. The van der Waals surface area contributed by atoms with E-state index in [0.717, 1.165) is 23.4 Å². The molecule has 1 aromatic heterocycles. The van der Waals surface area contributed by atoms with Crippen molar-refractivity contribution in [3.63, 3.8) is 0 Å². The number of allylic oxidation sites excluding steroid dienone is 1. The van der Waals surface area contributed by atoms with Crippen LogP contribution in [0.15, 0.2) is 17.3 Å². The number of aliphatic hydroxyl groups is 1. The summed E-state index contributed by atoms with van der Waals surface area (Å²) in [5, 5.41) is 9.99. The fourth-order valence-corrected chi connectivity index (χ4v) is 2.26. The predicted molar refractivity (Wildman–Crippen MR) is 55.1 cm³/mol. The van der Waals surface area contributed by atoms with Crippen molar-refractivity contribution in [3.05, 3.63) is 27.9 Å². The highest BCUT2D eigenvalue weighted by Crippen LogP contribution is 2.30. The van der Waals surface area contributed by atoms with Crippen molar-refractivity contribution in [3.8, 4) is 0 Å². The van der Waals surface area contributed by atoms with Gasteiger partial charge >= 0.3 is 0 Å². The molecule has 1 aliphatic rings. The maximum atomic E-state index is 9.99. The van der Waals surface area contributed by atoms with Gasteiger partial charge in [-0.05, 0) is 25.8 Å². The third-order valence-corrected chi connectivity index (χ3v) is 3.25. The van der Waals surface area contributed by atoms with Crippen LogP contribution in [0, 0.1) is 6.92 Å². The maximum Gasteiger partial charge on any atom is 0.147 e. The second kappa shape index (κ2) is 4.11. The molecule has 2 rings (SSSR count). The normalized spacial score (nSPS) is 18.6. The van der Waals surface area contributed by atoms with Crippen molar-refractivity contribution in [2.75, 3.05) is 6.61 Å². The topological polar surface area (TPSA) is 42.4 Å². The molecule has 3 nitrogen and oxygen atoms in total. The van der Waals surface area contributed by atoms with E-state index in [1.54, 1.807) is 5.51 Å². The summed E-state index contributed by atoms with van der Waals surface area (Å²) in [6.45, 7) is 2.61. The minimum absolute atomic E-state index is 0.622. The molecular formula is C10H13NO2S. The highest BCUT2D eigenvalue weighted by molar-refractivity contribution is 7.09.